The second-order valence-electron chi connectivity index (χ2n) is 5.21. The number of nitrogens with zero attached hydrogens (tertiary/aromatic N) is 3. The van der Waals surface area contributed by atoms with E-state index in [1.165, 1.54) is 11.3 Å². The number of thiophene rings is 1. The van der Waals surface area contributed by atoms with Crippen LogP contribution in [0.1, 0.15) is 23.2 Å². The lowest BCUT2D eigenvalue weighted by Crippen LogP contribution is -2.45. The van der Waals surface area contributed by atoms with Gasteiger partial charge in [-0.15, -0.1) is 0 Å². The SMILES string of the molecule is Cn1ccnc1N1CCC(NC(=O)c2cscc2Br)CC1. The van der Waals surface area contributed by atoms with E-state index in [4.69, 9.17) is 0 Å². The van der Waals surface area contributed by atoms with Crippen LogP contribution in [-0.2, 0) is 7.05 Å². The van der Waals surface area contributed by atoms with E-state index in [0.717, 1.165) is 41.9 Å². The maximum atomic E-state index is 12.2. The molecule has 0 saturated carbocycles. The number of carbonyl (C=O) groups is 1. The molecule has 112 valence electrons. The largest absolute Gasteiger partial charge is 0.349 e. The van der Waals surface area contributed by atoms with Crippen LogP contribution in [0.3, 0.4) is 0 Å². The number of carbonyl (C=O) groups excluding carboxylic acids is 1. The van der Waals surface area contributed by atoms with E-state index >= 15 is 0 Å². The number of piperidine rings is 1. The van der Waals surface area contributed by atoms with Gasteiger partial charge in [-0.25, -0.2) is 4.98 Å². The smallest absolute Gasteiger partial charge is 0.253 e. The van der Waals surface area contributed by atoms with Gasteiger partial charge in [-0.3, -0.25) is 4.79 Å². The van der Waals surface area contributed by atoms with E-state index in [2.05, 4.69) is 31.1 Å². The van der Waals surface area contributed by atoms with E-state index < -0.39 is 0 Å². The zero-order valence-corrected chi connectivity index (χ0v) is 14.2. The molecule has 1 saturated heterocycles. The Balaban J connectivity index is 1.56. The van der Waals surface area contributed by atoms with Gasteiger partial charge in [-0.2, -0.15) is 11.3 Å². The van der Waals surface area contributed by atoms with Crippen LogP contribution >= 0.6 is 27.3 Å². The van der Waals surface area contributed by atoms with Crippen LogP contribution in [0.4, 0.5) is 5.95 Å². The Bertz CT molecular complexity index is 630. The maximum absolute atomic E-state index is 12.2. The second kappa shape index (κ2) is 6.19. The number of aromatic nitrogens is 2. The van der Waals surface area contributed by atoms with Crippen molar-refractivity contribution in [3.63, 3.8) is 0 Å². The van der Waals surface area contributed by atoms with Crippen molar-refractivity contribution < 1.29 is 4.79 Å². The topological polar surface area (TPSA) is 50.2 Å². The standard InChI is InChI=1S/C14H17BrN4OS/c1-18-7-4-16-14(18)19-5-2-10(3-6-19)17-13(20)11-8-21-9-12(11)15/h4,7-10H,2-3,5-6H2,1H3,(H,17,20). The number of hydrogen-bond donors (Lipinski definition) is 1. The summed E-state index contributed by atoms with van der Waals surface area (Å²) in [7, 11) is 2.00. The molecule has 0 unspecified atom stereocenters. The fourth-order valence-corrected chi connectivity index (χ4v) is 4.05. The fourth-order valence-electron chi connectivity index (χ4n) is 2.59. The van der Waals surface area contributed by atoms with Crippen molar-refractivity contribution >= 4 is 39.1 Å². The second-order valence-corrected chi connectivity index (χ2v) is 6.80. The first-order chi connectivity index (χ1) is 10.1. The van der Waals surface area contributed by atoms with E-state index in [-0.39, 0.29) is 11.9 Å². The van der Waals surface area contributed by atoms with Crippen molar-refractivity contribution in [2.75, 3.05) is 18.0 Å². The molecule has 0 aliphatic carbocycles. The molecular formula is C14H17BrN4OS. The van der Waals surface area contributed by atoms with Gasteiger partial charge in [-0.05, 0) is 28.8 Å². The van der Waals surface area contributed by atoms with E-state index in [9.17, 15) is 4.79 Å². The molecule has 5 nitrogen and oxygen atoms in total. The van der Waals surface area contributed by atoms with Crippen molar-refractivity contribution in [2.45, 2.75) is 18.9 Å². The highest BCUT2D eigenvalue weighted by Crippen LogP contribution is 2.22. The summed E-state index contributed by atoms with van der Waals surface area (Å²) in [4.78, 5) is 18.8. The summed E-state index contributed by atoms with van der Waals surface area (Å²) < 4.78 is 2.90. The number of aryl methyl sites for hydroxylation is 1. The quantitative estimate of drug-likeness (QED) is 0.905. The van der Waals surface area contributed by atoms with Gasteiger partial charge < -0.3 is 14.8 Å². The Labute approximate surface area is 136 Å². The molecule has 0 aromatic carbocycles. The van der Waals surface area contributed by atoms with Gasteiger partial charge in [0.15, 0.2) is 0 Å². The van der Waals surface area contributed by atoms with Crippen LogP contribution in [-0.4, -0.2) is 34.6 Å². The third-order valence-corrected chi connectivity index (χ3v) is 5.47. The maximum Gasteiger partial charge on any atom is 0.253 e. The predicted molar refractivity (Wildman–Crippen MR) is 87.9 cm³/mol. The zero-order valence-electron chi connectivity index (χ0n) is 11.8. The average molecular weight is 369 g/mol. The summed E-state index contributed by atoms with van der Waals surface area (Å²) in [5.74, 6) is 1.01. The molecule has 1 fully saturated rings. The molecule has 2 aromatic heterocycles. The predicted octanol–water partition coefficient (Wildman–Crippen LogP) is 2.64. The van der Waals surface area contributed by atoms with Gasteiger partial charge in [-0.1, -0.05) is 0 Å². The van der Waals surface area contributed by atoms with Gasteiger partial charge in [0.05, 0.1) is 5.56 Å². The number of halogens is 1. The van der Waals surface area contributed by atoms with Gasteiger partial charge >= 0.3 is 0 Å². The number of anilines is 1. The van der Waals surface area contributed by atoms with E-state index in [1.807, 2.05) is 34.8 Å². The van der Waals surface area contributed by atoms with Gasteiger partial charge in [0.25, 0.3) is 5.91 Å². The highest BCUT2D eigenvalue weighted by Gasteiger charge is 2.23. The van der Waals surface area contributed by atoms with Crippen LogP contribution in [0.5, 0.6) is 0 Å². The summed E-state index contributed by atoms with van der Waals surface area (Å²) in [6.45, 7) is 1.83. The Morgan fingerprint density at radius 3 is 2.76 bits per heavy atom. The number of imidazole rings is 1. The van der Waals surface area contributed by atoms with Crippen molar-refractivity contribution in [1.29, 1.82) is 0 Å². The van der Waals surface area contributed by atoms with Gasteiger partial charge in [0.2, 0.25) is 5.95 Å². The zero-order chi connectivity index (χ0) is 14.8. The molecule has 0 spiro atoms. The molecule has 1 amide bonds. The van der Waals surface area contributed by atoms with E-state index in [0.29, 0.717) is 0 Å². The first-order valence-electron chi connectivity index (χ1n) is 6.90. The van der Waals surface area contributed by atoms with Crippen LogP contribution in [0.25, 0.3) is 0 Å². The van der Waals surface area contributed by atoms with Gasteiger partial charge in [0.1, 0.15) is 0 Å². The molecular weight excluding hydrogens is 352 g/mol. The van der Waals surface area contributed by atoms with Crippen LogP contribution in [0.2, 0.25) is 0 Å². The van der Waals surface area contributed by atoms with Crippen molar-refractivity contribution in [3.8, 4) is 0 Å². The number of nitrogens with one attached hydrogen (secondary N) is 1. The molecule has 2 aromatic rings. The fraction of sp³-hybridized carbons (Fsp3) is 0.429. The lowest BCUT2D eigenvalue weighted by molar-refractivity contribution is 0.0931. The normalized spacial score (nSPS) is 16.2. The molecule has 3 rings (SSSR count). The Morgan fingerprint density at radius 2 is 2.19 bits per heavy atom. The third kappa shape index (κ3) is 3.13. The van der Waals surface area contributed by atoms with Crippen molar-refractivity contribution in [3.05, 3.63) is 33.2 Å². The van der Waals surface area contributed by atoms with Crippen molar-refractivity contribution in [2.24, 2.45) is 7.05 Å². The lowest BCUT2D eigenvalue weighted by Gasteiger charge is -2.33. The number of hydrogen-bond acceptors (Lipinski definition) is 4. The number of rotatable bonds is 3. The molecule has 0 bridgehead atoms. The Hall–Kier alpha value is -1.34. The molecule has 7 heteroatoms. The third-order valence-electron chi connectivity index (χ3n) is 3.77. The summed E-state index contributed by atoms with van der Waals surface area (Å²) >= 11 is 4.94. The molecule has 3 heterocycles. The summed E-state index contributed by atoms with van der Waals surface area (Å²) in [6.07, 6.45) is 5.66. The number of amides is 1. The Kier molecular flexibility index (Phi) is 4.30. The minimum atomic E-state index is 0.0126. The molecule has 0 radical (unpaired) electrons. The average Bonchev–Trinajstić information content (AvgIpc) is 3.08. The monoisotopic (exact) mass is 368 g/mol. The molecule has 21 heavy (non-hydrogen) atoms. The molecule has 1 aliphatic rings. The molecule has 0 atom stereocenters. The first-order valence-corrected chi connectivity index (χ1v) is 8.63. The van der Waals surface area contributed by atoms with Crippen LogP contribution in [0.15, 0.2) is 27.6 Å². The first kappa shape index (κ1) is 14.6. The van der Waals surface area contributed by atoms with E-state index in [1.54, 1.807) is 0 Å². The summed E-state index contributed by atoms with van der Waals surface area (Å²) in [6, 6.07) is 0.237. The van der Waals surface area contributed by atoms with Crippen LogP contribution in [0, 0.1) is 0 Å². The van der Waals surface area contributed by atoms with Gasteiger partial charge in [0, 0.05) is 53.8 Å². The lowest BCUT2D eigenvalue weighted by atomic mass is 10.0. The minimum Gasteiger partial charge on any atom is -0.349 e. The Morgan fingerprint density at radius 1 is 1.43 bits per heavy atom. The van der Waals surface area contributed by atoms with Crippen molar-refractivity contribution in [1.82, 2.24) is 14.9 Å². The summed E-state index contributed by atoms with van der Waals surface area (Å²) in [5, 5.41) is 6.93. The highest BCUT2D eigenvalue weighted by atomic mass is 79.9. The minimum absolute atomic E-state index is 0.0126. The molecule has 1 aliphatic heterocycles. The molecule has 1 N–H and O–H groups in total. The summed E-state index contributed by atoms with van der Waals surface area (Å²) in [5.41, 5.74) is 0.728. The van der Waals surface area contributed by atoms with Crippen LogP contribution < -0.4 is 10.2 Å². The highest BCUT2D eigenvalue weighted by molar-refractivity contribution is 9.10.